The first-order chi connectivity index (χ1) is 14.0. The SMILES string of the molecule is CCS(=O)(=O)N(CCCOC)CC(=O)N1CCc2sccc2C1c1ccccc1. The van der Waals surface area contributed by atoms with Crippen molar-refractivity contribution >= 4 is 27.3 Å². The van der Waals surface area contributed by atoms with E-state index in [-0.39, 0.29) is 30.8 Å². The Kier molecular flexibility index (Phi) is 7.45. The van der Waals surface area contributed by atoms with Crippen LogP contribution in [0, 0.1) is 0 Å². The van der Waals surface area contributed by atoms with Crippen molar-refractivity contribution in [1.82, 2.24) is 9.21 Å². The number of ether oxygens (including phenoxy) is 1. The summed E-state index contributed by atoms with van der Waals surface area (Å²) in [7, 11) is -1.89. The van der Waals surface area contributed by atoms with Crippen LogP contribution in [0.15, 0.2) is 41.8 Å². The summed E-state index contributed by atoms with van der Waals surface area (Å²) in [5.41, 5.74) is 2.19. The van der Waals surface area contributed by atoms with Crippen molar-refractivity contribution in [2.45, 2.75) is 25.8 Å². The van der Waals surface area contributed by atoms with Crippen LogP contribution in [-0.4, -0.2) is 62.6 Å². The van der Waals surface area contributed by atoms with Crippen LogP contribution in [0.25, 0.3) is 0 Å². The van der Waals surface area contributed by atoms with Crippen LogP contribution in [0.5, 0.6) is 0 Å². The highest BCUT2D eigenvalue weighted by Crippen LogP contribution is 2.37. The second-order valence-electron chi connectivity index (χ2n) is 7.03. The topological polar surface area (TPSA) is 66.9 Å². The molecule has 2 aromatic rings. The van der Waals surface area contributed by atoms with E-state index in [0.29, 0.717) is 19.6 Å². The average molecular weight is 437 g/mol. The zero-order valence-corrected chi connectivity index (χ0v) is 18.5. The van der Waals surface area contributed by atoms with Gasteiger partial charge >= 0.3 is 0 Å². The van der Waals surface area contributed by atoms with Crippen molar-refractivity contribution in [3.63, 3.8) is 0 Å². The summed E-state index contributed by atoms with van der Waals surface area (Å²) in [4.78, 5) is 16.4. The molecule has 8 heteroatoms. The maximum absolute atomic E-state index is 13.3. The van der Waals surface area contributed by atoms with Crippen molar-refractivity contribution in [3.8, 4) is 0 Å². The molecule has 1 atom stereocenters. The summed E-state index contributed by atoms with van der Waals surface area (Å²) in [6, 6.07) is 11.8. The Balaban J connectivity index is 1.86. The second-order valence-corrected chi connectivity index (χ2v) is 10.3. The lowest BCUT2D eigenvalue weighted by atomic mass is 9.93. The number of benzene rings is 1. The van der Waals surface area contributed by atoms with Gasteiger partial charge in [-0.15, -0.1) is 11.3 Å². The van der Waals surface area contributed by atoms with Crippen LogP contribution >= 0.6 is 11.3 Å². The van der Waals surface area contributed by atoms with Crippen LogP contribution in [0.3, 0.4) is 0 Å². The van der Waals surface area contributed by atoms with E-state index < -0.39 is 10.0 Å². The van der Waals surface area contributed by atoms with E-state index in [1.807, 2.05) is 35.2 Å². The number of sulfonamides is 1. The van der Waals surface area contributed by atoms with Crippen LogP contribution in [0.1, 0.15) is 35.4 Å². The van der Waals surface area contributed by atoms with Crippen molar-refractivity contribution in [2.24, 2.45) is 0 Å². The summed E-state index contributed by atoms with van der Waals surface area (Å²) in [5, 5.41) is 2.06. The third kappa shape index (κ3) is 5.06. The minimum atomic E-state index is -3.47. The first-order valence-corrected chi connectivity index (χ1v) is 12.3. The Bertz CT molecular complexity index is 912. The van der Waals surface area contributed by atoms with Gasteiger partial charge in [0.05, 0.1) is 18.3 Å². The van der Waals surface area contributed by atoms with Gasteiger partial charge in [0.2, 0.25) is 15.9 Å². The van der Waals surface area contributed by atoms with E-state index in [2.05, 4.69) is 11.4 Å². The fourth-order valence-corrected chi connectivity index (χ4v) is 5.69. The van der Waals surface area contributed by atoms with Crippen molar-refractivity contribution < 1.29 is 17.9 Å². The number of nitrogens with zero attached hydrogens (tertiary/aromatic N) is 2. The molecule has 1 amide bonds. The number of rotatable bonds is 9. The molecule has 1 aliphatic rings. The number of carbonyl (C=O) groups excluding carboxylic acids is 1. The van der Waals surface area contributed by atoms with E-state index in [1.165, 1.54) is 9.18 Å². The van der Waals surface area contributed by atoms with E-state index in [0.717, 1.165) is 17.5 Å². The molecule has 29 heavy (non-hydrogen) atoms. The highest BCUT2D eigenvalue weighted by Gasteiger charge is 2.34. The van der Waals surface area contributed by atoms with E-state index >= 15 is 0 Å². The lowest BCUT2D eigenvalue weighted by molar-refractivity contribution is -0.133. The van der Waals surface area contributed by atoms with Crippen LogP contribution in [0.2, 0.25) is 0 Å². The molecule has 158 valence electrons. The monoisotopic (exact) mass is 436 g/mol. The molecular formula is C21H28N2O4S2. The number of hydrogen-bond donors (Lipinski definition) is 0. The van der Waals surface area contributed by atoms with Gasteiger partial charge in [-0.05, 0) is 42.3 Å². The van der Waals surface area contributed by atoms with Gasteiger partial charge < -0.3 is 9.64 Å². The fraction of sp³-hybridized carbons (Fsp3) is 0.476. The molecule has 0 spiro atoms. The molecule has 1 aliphatic heterocycles. The van der Waals surface area contributed by atoms with Crippen LogP contribution < -0.4 is 0 Å². The molecule has 1 unspecified atom stereocenters. The first kappa shape index (κ1) is 22.0. The van der Waals surface area contributed by atoms with Crippen molar-refractivity contribution in [2.75, 3.05) is 39.1 Å². The standard InChI is InChI=1S/C21H28N2O4S2/c1-3-29(25,26)22(12-7-14-27-2)16-20(24)23-13-10-19-18(11-15-28-19)21(23)17-8-5-4-6-9-17/h4-6,8-9,11,15,21H,3,7,10,12-14,16H2,1-2H3. The molecule has 3 rings (SSSR count). The largest absolute Gasteiger partial charge is 0.385 e. The maximum atomic E-state index is 13.3. The van der Waals surface area contributed by atoms with E-state index in [4.69, 9.17) is 4.74 Å². The lowest BCUT2D eigenvalue weighted by Crippen LogP contribution is -2.47. The van der Waals surface area contributed by atoms with Gasteiger partial charge in [-0.2, -0.15) is 4.31 Å². The zero-order chi connectivity index (χ0) is 20.9. The molecule has 0 aliphatic carbocycles. The molecule has 2 heterocycles. The Labute approximate surface area is 177 Å². The van der Waals surface area contributed by atoms with Crippen LogP contribution in [0.4, 0.5) is 0 Å². The molecule has 0 saturated heterocycles. The second kappa shape index (κ2) is 9.84. The Morgan fingerprint density at radius 1 is 1.28 bits per heavy atom. The number of fused-ring (bicyclic) bond motifs is 1. The molecule has 0 saturated carbocycles. The number of hydrogen-bond acceptors (Lipinski definition) is 5. The molecule has 1 aromatic carbocycles. The predicted octanol–water partition coefficient (Wildman–Crippen LogP) is 2.91. The van der Waals surface area contributed by atoms with Gasteiger partial charge in [-0.1, -0.05) is 30.3 Å². The highest BCUT2D eigenvalue weighted by molar-refractivity contribution is 7.89. The quantitative estimate of drug-likeness (QED) is 0.567. The van der Waals surface area contributed by atoms with E-state index in [1.54, 1.807) is 25.4 Å². The predicted molar refractivity (Wildman–Crippen MR) is 116 cm³/mol. The molecular weight excluding hydrogens is 408 g/mol. The third-order valence-electron chi connectivity index (χ3n) is 5.23. The van der Waals surface area contributed by atoms with Gasteiger partial charge in [0.25, 0.3) is 0 Å². The van der Waals surface area contributed by atoms with Crippen molar-refractivity contribution in [1.29, 1.82) is 0 Å². The number of thiophene rings is 1. The fourth-order valence-electron chi connectivity index (χ4n) is 3.71. The number of amides is 1. The molecule has 0 fully saturated rings. The smallest absolute Gasteiger partial charge is 0.238 e. The summed E-state index contributed by atoms with van der Waals surface area (Å²) < 4.78 is 31.4. The molecule has 0 bridgehead atoms. The summed E-state index contributed by atoms with van der Waals surface area (Å²) >= 11 is 1.71. The highest BCUT2D eigenvalue weighted by atomic mass is 32.2. The zero-order valence-electron chi connectivity index (χ0n) is 16.9. The molecule has 0 N–H and O–H groups in total. The number of carbonyl (C=O) groups is 1. The normalized spacial score (nSPS) is 16.8. The molecule has 6 nitrogen and oxygen atoms in total. The molecule has 0 radical (unpaired) electrons. The Morgan fingerprint density at radius 2 is 2.03 bits per heavy atom. The van der Waals surface area contributed by atoms with Gasteiger partial charge in [-0.3, -0.25) is 4.79 Å². The minimum absolute atomic E-state index is 0.0238. The van der Waals surface area contributed by atoms with Gasteiger partial charge in [-0.25, -0.2) is 8.42 Å². The summed E-state index contributed by atoms with van der Waals surface area (Å²) in [6.07, 6.45) is 1.35. The van der Waals surface area contributed by atoms with Gasteiger partial charge in [0, 0.05) is 31.7 Å². The Morgan fingerprint density at radius 3 is 2.72 bits per heavy atom. The average Bonchev–Trinajstić information content (AvgIpc) is 3.21. The summed E-state index contributed by atoms with van der Waals surface area (Å²) in [5.74, 6) is -0.186. The lowest BCUT2D eigenvalue weighted by Gasteiger charge is -2.37. The first-order valence-electron chi connectivity index (χ1n) is 9.85. The van der Waals surface area contributed by atoms with Crippen molar-refractivity contribution in [3.05, 3.63) is 57.8 Å². The van der Waals surface area contributed by atoms with Crippen LogP contribution in [-0.2, 0) is 26.0 Å². The van der Waals surface area contributed by atoms with Gasteiger partial charge in [0.1, 0.15) is 0 Å². The molecule has 1 aromatic heterocycles. The maximum Gasteiger partial charge on any atom is 0.238 e. The Hall–Kier alpha value is -1.74. The van der Waals surface area contributed by atoms with Gasteiger partial charge in [0.15, 0.2) is 0 Å². The van der Waals surface area contributed by atoms with E-state index in [9.17, 15) is 13.2 Å². The minimum Gasteiger partial charge on any atom is -0.385 e. The number of methoxy groups -OCH3 is 1. The third-order valence-corrected chi connectivity index (χ3v) is 8.05. The summed E-state index contributed by atoms with van der Waals surface area (Å²) in [6.45, 7) is 2.79.